The predicted octanol–water partition coefficient (Wildman–Crippen LogP) is 2.30. The molecule has 0 spiro atoms. The largest absolute Gasteiger partial charge is 0.370 e. The molecule has 0 fully saturated rings. The molecule has 0 unspecified atom stereocenters. The lowest BCUT2D eigenvalue weighted by Crippen LogP contribution is -2.17. The summed E-state index contributed by atoms with van der Waals surface area (Å²) in [7, 11) is 4.17. The third-order valence-corrected chi connectivity index (χ3v) is 2.75. The summed E-state index contributed by atoms with van der Waals surface area (Å²) in [6, 6.07) is 1.91. The highest BCUT2D eigenvalue weighted by atomic mass is 15.1. The first-order valence-corrected chi connectivity index (χ1v) is 7.03. The molecule has 5 heteroatoms. The maximum atomic E-state index is 4.44. The van der Waals surface area contributed by atoms with Crippen LogP contribution in [0.3, 0.4) is 0 Å². The van der Waals surface area contributed by atoms with E-state index in [1.54, 1.807) is 6.20 Å². The molecule has 0 bridgehead atoms. The van der Waals surface area contributed by atoms with Crippen LogP contribution in [0.15, 0.2) is 12.3 Å². The number of hydrogen-bond acceptors (Lipinski definition) is 5. The van der Waals surface area contributed by atoms with E-state index in [1.165, 1.54) is 0 Å². The third-order valence-electron chi connectivity index (χ3n) is 2.75. The molecule has 0 aromatic carbocycles. The van der Waals surface area contributed by atoms with Gasteiger partial charge in [0.25, 0.3) is 0 Å². The van der Waals surface area contributed by atoms with Gasteiger partial charge in [-0.2, -0.15) is 4.98 Å². The van der Waals surface area contributed by atoms with Crippen LogP contribution in [0.2, 0.25) is 0 Å². The van der Waals surface area contributed by atoms with Gasteiger partial charge in [-0.3, -0.25) is 0 Å². The van der Waals surface area contributed by atoms with Gasteiger partial charge in [0.05, 0.1) is 0 Å². The van der Waals surface area contributed by atoms with Crippen LogP contribution in [0.4, 0.5) is 11.8 Å². The quantitative estimate of drug-likeness (QED) is 0.671. The molecule has 0 amide bonds. The molecule has 1 aromatic heterocycles. The first-order chi connectivity index (χ1) is 9.08. The summed E-state index contributed by atoms with van der Waals surface area (Å²) in [6.45, 7) is 7.36. The molecule has 0 aliphatic heterocycles. The van der Waals surface area contributed by atoms with E-state index in [9.17, 15) is 0 Å². The van der Waals surface area contributed by atoms with Gasteiger partial charge in [-0.05, 0) is 45.5 Å². The second kappa shape index (κ2) is 8.69. The molecule has 19 heavy (non-hydrogen) atoms. The summed E-state index contributed by atoms with van der Waals surface area (Å²) in [5.41, 5.74) is 0. The van der Waals surface area contributed by atoms with Gasteiger partial charge in [0.1, 0.15) is 5.82 Å². The van der Waals surface area contributed by atoms with Crippen molar-refractivity contribution >= 4 is 11.8 Å². The van der Waals surface area contributed by atoms with Gasteiger partial charge in [0, 0.05) is 19.3 Å². The molecule has 0 aliphatic rings. The van der Waals surface area contributed by atoms with Gasteiger partial charge >= 0.3 is 0 Å². The molecule has 0 radical (unpaired) electrons. The van der Waals surface area contributed by atoms with Crippen molar-refractivity contribution in [3.63, 3.8) is 0 Å². The third kappa shape index (κ3) is 7.62. The maximum Gasteiger partial charge on any atom is 0.224 e. The molecule has 1 heterocycles. The van der Waals surface area contributed by atoms with E-state index < -0.39 is 0 Å². The van der Waals surface area contributed by atoms with E-state index in [-0.39, 0.29) is 0 Å². The van der Waals surface area contributed by atoms with Crippen LogP contribution in [-0.2, 0) is 0 Å². The number of anilines is 2. The van der Waals surface area contributed by atoms with Crippen LogP contribution >= 0.6 is 0 Å². The van der Waals surface area contributed by atoms with Crippen LogP contribution in [0.5, 0.6) is 0 Å². The first-order valence-electron chi connectivity index (χ1n) is 7.03. The Balaban J connectivity index is 2.31. The highest BCUT2D eigenvalue weighted by molar-refractivity contribution is 5.39. The smallest absolute Gasteiger partial charge is 0.224 e. The Morgan fingerprint density at radius 3 is 2.68 bits per heavy atom. The van der Waals surface area contributed by atoms with E-state index >= 15 is 0 Å². The zero-order chi connectivity index (χ0) is 14.1. The van der Waals surface area contributed by atoms with Gasteiger partial charge in [-0.25, -0.2) is 4.98 Å². The van der Waals surface area contributed by atoms with Crippen molar-refractivity contribution in [1.29, 1.82) is 0 Å². The van der Waals surface area contributed by atoms with Crippen LogP contribution in [0, 0.1) is 5.92 Å². The Morgan fingerprint density at radius 2 is 2.00 bits per heavy atom. The molecule has 1 aromatic rings. The van der Waals surface area contributed by atoms with Gasteiger partial charge in [0.15, 0.2) is 0 Å². The number of hydrogen-bond donors (Lipinski definition) is 2. The minimum absolute atomic E-state index is 0.694. The first kappa shape index (κ1) is 15.7. The van der Waals surface area contributed by atoms with Crippen molar-refractivity contribution in [2.24, 2.45) is 5.92 Å². The fourth-order valence-electron chi connectivity index (χ4n) is 1.63. The molecule has 0 saturated heterocycles. The molecule has 2 N–H and O–H groups in total. The van der Waals surface area contributed by atoms with E-state index in [2.05, 4.69) is 53.4 Å². The lowest BCUT2D eigenvalue weighted by atomic mass is 10.1. The molecule has 5 nitrogen and oxygen atoms in total. The van der Waals surface area contributed by atoms with Crippen LogP contribution in [-0.4, -0.2) is 48.6 Å². The number of aromatic nitrogens is 2. The summed E-state index contributed by atoms with van der Waals surface area (Å²) in [5, 5.41) is 6.58. The summed E-state index contributed by atoms with van der Waals surface area (Å²) < 4.78 is 0. The van der Waals surface area contributed by atoms with Gasteiger partial charge in [-0.15, -0.1) is 0 Å². The Bertz CT molecular complexity index is 351. The Morgan fingerprint density at radius 1 is 1.21 bits per heavy atom. The van der Waals surface area contributed by atoms with E-state index in [1.807, 2.05) is 6.07 Å². The lowest BCUT2D eigenvalue weighted by molar-refractivity contribution is 0.405. The Kier molecular flexibility index (Phi) is 7.18. The average molecular weight is 265 g/mol. The van der Waals surface area contributed by atoms with Crippen molar-refractivity contribution in [2.75, 3.05) is 44.4 Å². The van der Waals surface area contributed by atoms with E-state index in [4.69, 9.17) is 0 Å². The molecule has 0 atom stereocenters. The summed E-state index contributed by atoms with van der Waals surface area (Å²) in [4.78, 5) is 10.8. The molecular formula is C14H27N5. The number of nitrogens with one attached hydrogen (secondary N) is 2. The van der Waals surface area contributed by atoms with Crippen LogP contribution in [0.1, 0.15) is 26.7 Å². The molecular weight excluding hydrogens is 238 g/mol. The van der Waals surface area contributed by atoms with E-state index in [0.717, 1.165) is 38.3 Å². The number of rotatable bonds is 9. The Labute approximate surface area is 116 Å². The molecule has 0 aliphatic carbocycles. The van der Waals surface area contributed by atoms with Crippen LogP contribution < -0.4 is 10.6 Å². The van der Waals surface area contributed by atoms with Crippen LogP contribution in [0.25, 0.3) is 0 Å². The standard InChI is InChI=1S/C14H27N5/c1-12(2)6-9-16-14-17-10-7-13(18-14)15-8-5-11-19(3)4/h7,10,12H,5-6,8-9,11H2,1-4H3,(H2,15,16,17,18). The normalized spacial score (nSPS) is 11.1. The lowest BCUT2D eigenvalue weighted by Gasteiger charge is -2.11. The van der Waals surface area contributed by atoms with Crippen molar-refractivity contribution in [3.05, 3.63) is 12.3 Å². The minimum Gasteiger partial charge on any atom is -0.370 e. The second-order valence-corrected chi connectivity index (χ2v) is 5.46. The number of nitrogens with zero attached hydrogens (tertiary/aromatic N) is 3. The Hall–Kier alpha value is -1.36. The fourth-order valence-corrected chi connectivity index (χ4v) is 1.63. The zero-order valence-electron chi connectivity index (χ0n) is 12.6. The molecule has 108 valence electrons. The molecule has 1 rings (SSSR count). The SMILES string of the molecule is CC(C)CCNc1nccc(NCCCN(C)C)n1. The topological polar surface area (TPSA) is 53.1 Å². The van der Waals surface area contributed by atoms with Crippen molar-refractivity contribution < 1.29 is 0 Å². The highest BCUT2D eigenvalue weighted by Gasteiger charge is 1.99. The second-order valence-electron chi connectivity index (χ2n) is 5.46. The molecule has 0 saturated carbocycles. The van der Waals surface area contributed by atoms with Gasteiger partial charge in [0.2, 0.25) is 5.95 Å². The average Bonchev–Trinajstić information content (AvgIpc) is 2.34. The predicted molar refractivity (Wildman–Crippen MR) is 81.6 cm³/mol. The maximum absolute atomic E-state index is 4.44. The summed E-state index contributed by atoms with van der Waals surface area (Å²) >= 11 is 0. The van der Waals surface area contributed by atoms with Crippen molar-refractivity contribution in [3.8, 4) is 0 Å². The summed E-state index contributed by atoms with van der Waals surface area (Å²) in [6.07, 6.45) is 4.02. The van der Waals surface area contributed by atoms with Crippen molar-refractivity contribution in [2.45, 2.75) is 26.7 Å². The minimum atomic E-state index is 0.694. The fraction of sp³-hybridized carbons (Fsp3) is 0.714. The zero-order valence-corrected chi connectivity index (χ0v) is 12.6. The summed E-state index contributed by atoms with van der Waals surface area (Å²) in [5.74, 6) is 2.29. The highest BCUT2D eigenvalue weighted by Crippen LogP contribution is 2.06. The van der Waals surface area contributed by atoms with E-state index in [0.29, 0.717) is 11.9 Å². The van der Waals surface area contributed by atoms with Crippen molar-refractivity contribution in [1.82, 2.24) is 14.9 Å². The monoisotopic (exact) mass is 265 g/mol. The van der Waals surface area contributed by atoms with Gasteiger partial charge in [-0.1, -0.05) is 13.8 Å². The van der Waals surface area contributed by atoms with Gasteiger partial charge < -0.3 is 15.5 Å².